The number of carbonyl (C=O) groups excluding carboxylic acids is 1. The van der Waals surface area contributed by atoms with Crippen molar-refractivity contribution in [3.8, 4) is 0 Å². The van der Waals surface area contributed by atoms with Gasteiger partial charge >= 0.3 is 0 Å². The van der Waals surface area contributed by atoms with E-state index in [-0.39, 0.29) is 42.7 Å². The van der Waals surface area contributed by atoms with Crippen LogP contribution in [-0.4, -0.2) is 49.6 Å². The summed E-state index contributed by atoms with van der Waals surface area (Å²) < 4.78 is 0. The van der Waals surface area contributed by atoms with Gasteiger partial charge in [-0.3, -0.25) is 4.79 Å². The molecule has 1 rings (SSSR count). The van der Waals surface area contributed by atoms with Gasteiger partial charge in [0.1, 0.15) is 0 Å². The highest BCUT2D eigenvalue weighted by Crippen LogP contribution is 2.10. The fraction of sp³-hybridized carbons (Fsp3) is 0.923. The SMILES string of the molecule is CCN(CC)CC(C)NC(=O)[C@@H]1CCCNC1.Cl.Cl. The molecule has 0 aromatic rings. The molecule has 1 heterocycles. The third kappa shape index (κ3) is 7.98. The molecule has 116 valence electrons. The van der Waals surface area contributed by atoms with E-state index in [1.54, 1.807) is 0 Å². The molecular weight excluding hydrogens is 285 g/mol. The van der Waals surface area contributed by atoms with Gasteiger partial charge in [0, 0.05) is 19.1 Å². The molecular formula is C13H29Cl2N3O. The first-order valence-electron chi connectivity index (χ1n) is 6.90. The van der Waals surface area contributed by atoms with Crippen LogP contribution in [0.1, 0.15) is 33.6 Å². The highest BCUT2D eigenvalue weighted by molar-refractivity contribution is 5.85. The first-order chi connectivity index (χ1) is 8.17. The van der Waals surface area contributed by atoms with Gasteiger partial charge in [0.05, 0.1) is 5.92 Å². The van der Waals surface area contributed by atoms with Gasteiger partial charge in [-0.25, -0.2) is 0 Å². The van der Waals surface area contributed by atoms with Crippen molar-refractivity contribution in [3.05, 3.63) is 0 Å². The van der Waals surface area contributed by atoms with E-state index in [9.17, 15) is 4.79 Å². The minimum Gasteiger partial charge on any atom is -0.352 e. The Morgan fingerprint density at radius 1 is 1.37 bits per heavy atom. The Hall–Kier alpha value is -0.0300. The topological polar surface area (TPSA) is 44.4 Å². The van der Waals surface area contributed by atoms with Gasteiger partial charge in [-0.1, -0.05) is 13.8 Å². The maximum absolute atomic E-state index is 12.0. The molecule has 1 amide bonds. The van der Waals surface area contributed by atoms with E-state index in [0.29, 0.717) is 0 Å². The van der Waals surface area contributed by atoms with Crippen LogP contribution in [0.5, 0.6) is 0 Å². The zero-order valence-corrected chi connectivity index (χ0v) is 13.9. The molecule has 0 spiro atoms. The molecule has 0 bridgehead atoms. The molecule has 0 aromatic heterocycles. The van der Waals surface area contributed by atoms with Crippen molar-refractivity contribution in [1.29, 1.82) is 0 Å². The lowest BCUT2D eigenvalue weighted by atomic mass is 9.98. The lowest BCUT2D eigenvalue weighted by Crippen LogP contribution is -2.47. The Kier molecular flexibility index (Phi) is 13.2. The van der Waals surface area contributed by atoms with Crippen molar-refractivity contribution in [3.63, 3.8) is 0 Å². The van der Waals surface area contributed by atoms with Crippen molar-refractivity contribution >= 4 is 30.7 Å². The Balaban J connectivity index is 0. The third-order valence-electron chi connectivity index (χ3n) is 3.48. The molecule has 0 aliphatic carbocycles. The van der Waals surface area contributed by atoms with E-state index >= 15 is 0 Å². The minimum absolute atomic E-state index is 0. The highest BCUT2D eigenvalue weighted by Gasteiger charge is 2.22. The van der Waals surface area contributed by atoms with Crippen LogP contribution in [0.25, 0.3) is 0 Å². The van der Waals surface area contributed by atoms with Crippen LogP contribution in [0.15, 0.2) is 0 Å². The number of hydrogen-bond donors (Lipinski definition) is 2. The van der Waals surface area contributed by atoms with Gasteiger partial charge in [0.25, 0.3) is 0 Å². The standard InChI is InChI=1S/C13H27N3O.2ClH/c1-4-16(5-2)10-11(3)15-13(17)12-7-6-8-14-9-12;;/h11-12,14H,4-10H2,1-3H3,(H,15,17);2*1H/t11?,12-;;/m1../s1. The number of hydrogen-bond acceptors (Lipinski definition) is 3. The molecule has 1 aliphatic heterocycles. The van der Waals surface area contributed by atoms with E-state index < -0.39 is 0 Å². The van der Waals surface area contributed by atoms with Crippen LogP contribution < -0.4 is 10.6 Å². The smallest absolute Gasteiger partial charge is 0.224 e. The summed E-state index contributed by atoms with van der Waals surface area (Å²) in [6.45, 7) is 11.3. The molecule has 2 atom stereocenters. The molecule has 19 heavy (non-hydrogen) atoms. The summed E-state index contributed by atoms with van der Waals surface area (Å²) in [5, 5.41) is 6.41. The fourth-order valence-corrected chi connectivity index (χ4v) is 2.35. The van der Waals surface area contributed by atoms with Gasteiger partial charge in [0.2, 0.25) is 5.91 Å². The van der Waals surface area contributed by atoms with E-state index in [4.69, 9.17) is 0 Å². The van der Waals surface area contributed by atoms with Gasteiger partial charge < -0.3 is 15.5 Å². The summed E-state index contributed by atoms with van der Waals surface area (Å²) in [5.74, 6) is 0.389. The lowest BCUT2D eigenvalue weighted by Gasteiger charge is -2.27. The van der Waals surface area contributed by atoms with Crippen LogP contribution in [0.3, 0.4) is 0 Å². The van der Waals surface area contributed by atoms with Crippen LogP contribution in [0.2, 0.25) is 0 Å². The largest absolute Gasteiger partial charge is 0.352 e. The average molecular weight is 314 g/mol. The van der Waals surface area contributed by atoms with Gasteiger partial charge in [0.15, 0.2) is 0 Å². The first kappa shape index (κ1) is 21.3. The summed E-state index contributed by atoms with van der Waals surface area (Å²) in [7, 11) is 0. The van der Waals surface area contributed by atoms with Crippen molar-refractivity contribution in [2.75, 3.05) is 32.7 Å². The van der Waals surface area contributed by atoms with E-state index in [1.165, 1.54) is 0 Å². The summed E-state index contributed by atoms with van der Waals surface area (Å²) in [6.07, 6.45) is 2.14. The number of nitrogens with zero attached hydrogens (tertiary/aromatic N) is 1. The van der Waals surface area contributed by atoms with Crippen LogP contribution in [0.4, 0.5) is 0 Å². The molecule has 2 N–H and O–H groups in total. The minimum atomic E-state index is 0. The molecule has 0 radical (unpaired) electrons. The van der Waals surface area contributed by atoms with Crippen molar-refractivity contribution < 1.29 is 4.79 Å². The Bertz CT molecular complexity index is 232. The number of piperidine rings is 1. The van der Waals surface area contributed by atoms with Crippen molar-refractivity contribution in [2.45, 2.75) is 39.7 Å². The van der Waals surface area contributed by atoms with Crippen molar-refractivity contribution in [1.82, 2.24) is 15.5 Å². The quantitative estimate of drug-likeness (QED) is 0.784. The lowest BCUT2D eigenvalue weighted by molar-refractivity contribution is -0.126. The molecule has 1 fully saturated rings. The second kappa shape index (κ2) is 11.8. The van der Waals surface area contributed by atoms with Crippen LogP contribution in [-0.2, 0) is 4.79 Å². The number of nitrogens with one attached hydrogen (secondary N) is 2. The summed E-state index contributed by atoms with van der Waals surface area (Å²) in [5.41, 5.74) is 0. The molecule has 6 heteroatoms. The Labute approximate surface area is 129 Å². The predicted octanol–water partition coefficient (Wildman–Crippen LogP) is 1.68. The number of amides is 1. The highest BCUT2D eigenvalue weighted by atomic mass is 35.5. The zero-order valence-electron chi connectivity index (χ0n) is 12.3. The van der Waals surface area contributed by atoms with Gasteiger partial charge in [-0.2, -0.15) is 0 Å². The molecule has 1 unspecified atom stereocenters. The summed E-state index contributed by atoms with van der Waals surface area (Å²) in [4.78, 5) is 14.3. The number of halogens is 2. The molecule has 1 aliphatic rings. The summed E-state index contributed by atoms with van der Waals surface area (Å²) >= 11 is 0. The Morgan fingerprint density at radius 3 is 2.47 bits per heavy atom. The van der Waals surface area contributed by atoms with E-state index in [0.717, 1.165) is 45.6 Å². The molecule has 4 nitrogen and oxygen atoms in total. The second-order valence-corrected chi connectivity index (χ2v) is 4.94. The summed E-state index contributed by atoms with van der Waals surface area (Å²) in [6, 6.07) is 0.240. The Morgan fingerprint density at radius 2 is 2.00 bits per heavy atom. The monoisotopic (exact) mass is 313 g/mol. The van der Waals surface area contributed by atoms with Gasteiger partial charge in [-0.15, -0.1) is 24.8 Å². The second-order valence-electron chi connectivity index (χ2n) is 4.94. The molecule has 0 saturated carbocycles. The number of rotatable bonds is 6. The van der Waals surface area contributed by atoms with Crippen LogP contribution in [0, 0.1) is 5.92 Å². The molecule has 1 saturated heterocycles. The fourth-order valence-electron chi connectivity index (χ4n) is 2.35. The van der Waals surface area contributed by atoms with Crippen LogP contribution >= 0.6 is 24.8 Å². The average Bonchev–Trinajstić information content (AvgIpc) is 2.37. The number of carbonyl (C=O) groups is 1. The normalized spacial score (nSPS) is 20.1. The molecule has 0 aromatic carbocycles. The van der Waals surface area contributed by atoms with Gasteiger partial charge in [-0.05, 0) is 39.4 Å². The maximum atomic E-state index is 12.0. The van der Waals surface area contributed by atoms with E-state index in [1.807, 2.05) is 0 Å². The maximum Gasteiger partial charge on any atom is 0.224 e. The number of likely N-dealkylation sites (N-methyl/N-ethyl adjacent to an activating group) is 1. The third-order valence-corrected chi connectivity index (χ3v) is 3.48. The van der Waals surface area contributed by atoms with E-state index in [2.05, 4.69) is 36.3 Å². The van der Waals surface area contributed by atoms with Crippen molar-refractivity contribution in [2.24, 2.45) is 5.92 Å². The predicted molar refractivity (Wildman–Crippen MR) is 85.5 cm³/mol. The first-order valence-corrected chi connectivity index (χ1v) is 6.90. The zero-order chi connectivity index (χ0) is 12.7.